The van der Waals surface area contributed by atoms with Crippen LogP contribution in [0.3, 0.4) is 0 Å². The SMILES string of the molecule is O=C(NCCc1cccs1)C1CCN(c2ccc(Cl)cc2)C1=O. The lowest BCUT2D eigenvalue weighted by atomic mass is 10.1. The van der Waals surface area contributed by atoms with E-state index in [2.05, 4.69) is 5.32 Å². The topological polar surface area (TPSA) is 49.4 Å². The maximum atomic E-state index is 12.5. The standard InChI is InChI=1S/C17H17ClN2O2S/c18-12-3-5-13(6-4-12)20-10-8-15(17(20)22)16(21)19-9-7-14-2-1-11-23-14/h1-6,11,15H,7-10H2,(H,19,21). The number of hydrogen-bond acceptors (Lipinski definition) is 3. The molecule has 0 saturated carbocycles. The lowest BCUT2D eigenvalue weighted by Crippen LogP contribution is -2.37. The Labute approximate surface area is 144 Å². The highest BCUT2D eigenvalue weighted by Crippen LogP contribution is 2.26. The number of nitrogens with one attached hydrogen (secondary N) is 1. The first-order valence-corrected chi connectivity index (χ1v) is 8.78. The second kappa shape index (κ2) is 7.15. The third-order valence-electron chi connectivity index (χ3n) is 3.91. The van der Waals surface area contributed by atoms with Gasteiger partial charge in [-0.3, -0.25) is 9.59 Å². The highest BCUT2D eigenvalue weighted by molar-refractivity contribution is 7.09. The molecule has 1 fully saturated rings. The highest BCUT2D eigenvalue weighted by Gasteiger charge is 2.37. The summed E-state index contributed by atoms with van der Waals surface area (Å²) in [6.07, 6.45) is 1.34. The lowest BCUT2D eigenvalue weighted by Gasteiger charge is -2.16. The minimum atomic E-state index is -0.589. The van der Waals surface area contributed by atoms with E-state index in [1.165, 1.54) is 4.88 Å². The predicted octanol–water partition coefficient (Wildman–Crippen LogP) is 3.11. The van der Waals surface area contributed by atoms with Gasteiger partial charge in [-0.05, 0) is 48.6 Å². The summed E-state index contributed by atoms with van der Waals surface area (Å²) in [6, 6.07) is 11.1. The van der Waals surface area contributed by atoms with Gasteiger partial charge in [-0.15, -0.1) is 11.3 Å². The summed E-state index contributed by atoms with van der Waals surface area (Å²) >= 11 is 7.54. The Kier molecular flexibility index (Phi) is 4.98. The number of hydrogen-bond donors (Lipinski definition) is 1. The van der Waals surface area contributed by atoms with Crippen molar-refractivity contribution in [1.29, 1.82) is 0 Å². The van der Waals surface area contributed by atoms with E-state index in [1.807, 2.05) is 17.5 Å². The van der Waals surface area contributed by atoms with Crippen LogP contribution >= 0.6 is 22.9 Å². The Morgan fingerprint density at radius 1 is 1.30 bits per heavy atom. The molecule has 1 aliphatic heterocycles. The molecule has 3 rings (SSSR count). The fourth-order valence-electron chi connectivity index (χ4n) is 2.69. The molecule has 0 radical (unpaired) electrons. The molecule has 2 heterocycles. The van der Waals surface area contributed by atoms with Crippen molar-refractivity contribution in [1.82, 2.24) is 5.32 Å². The van der Waals surface area contributed by atoms with Crippen LogP contribution in [0.4, 0.5) is 5.69 Å². The van der Waals surface area contributed by atoms with Crippen LogP contribution in [-0.2, 0) is 16.0 Å². The van der Waals surface area contributed by atoms with Crippen LogP contribution in [0.25, 0.3) is 0 Å². The molecule has 4 nitrogen and oxygen atoms in total. The summed E-state index contributed by atoms with van der Waals surface area (Å²) in [5.41, 5.74) is 0.785. The Morgan fingerprint density at radius 3 is 2.78 bits per heavy atom. The Morgan fingerprint density at radius 2 is 2.09 bits per heavy atom. The van der Waals surface area contributed by atoms with Crippen LogP contribution in [0.15, 0.2) is 41.8 Å². The van der Waals surface area contributed by atoms with Crippen molar-refractivity contribution in [2.45, 2.75) is 12.8 Å². The Hall–Kier alpha value is -1.85. The van der Waals surface area contributed by atoms with Crippen LogP contribution in [0.5, 0.6) is 0 Å². The van der Waals surface area contributed by atoms with Crippen molar-refractivity contribution in [3.8, 4) is 0 Å². The fourth-order valence-corrected chi connectivity index (χ4v) is 3.52. The lowest BCUT2D eigenvalue weighted by molar-refractivity contribution is -0.132. The van der Waals surface area contributed by atoms with Crippen molar-refractivity contribution in [2.24, 2.45) is 5.92 Å². The van der Waals surface area contributed by atoms with Gasteiger partial charge in [0.25, 0.3) is 0 Å². The highest BCUT2D eigenvalue weighted by atomic mass is 35.5. The van der Waals surface area contributed by atoms with E-state index in [4.69, 9.17) is 11.6 Å². The Balaban J connectivity index is 1.55. The van der Waals surface area contributed by atoms with Crippen molar-refractivity contribution in [3.63, 3.8) is 0 Å². The molecular weight excluding hydrogens is 332 g/mol. The summed E-state index contributed by atoms with van der Waals surface area (Å²) in [6.45, 7) is 1.12. The zero-order valence-electron chi connectivity index (χ0n) is 12.5. The fraction of sp³-hybridized carbons (Fsp3) is 0.294. The van der Waals surface area contributed by atoms with Crippen LogP contribution in [-0.4, -0.2) is 24.9 Å². The van der Waals surface area contributed by atoms with Crippen molar-refractivity contribution in [3.05, 3.63) is 51.7 Å². The molecule has 1 N–H and O–H groups in total. The maximum absolute atomic E-state index is 12.5. The molecule has 0 bridgehead atoms. The predicted molar refractivity (Wildman–Crippen MR) is 92.9 cm³/mol. The molecule has 120 valence electrons. The van der Waals surface area contributed by atoms with Gasteiger partial charge < -0.3 is 10.2 Å². The zero-order chi connectivity index (χ0) is 16.2. The summed E-state index contributed by atoms with van der Waals surface area (Å²) in [4.78, 5) is 27.6. The van der Waals surface area contributed by atoms with E-state index in [1.54, 1.807) is 40.5 Å². The van der Waals surface area contributed by atoms with E-state index < -0.39 is 5.92 Å². The average Bonchev–Trinajstić information content (AvgIpc) is 3.18. The van der Waals surface area contributed by atoms with Crippen molar-refractivity contribution in [2.75, 3.05) is 18.0 Å². The average molecular weight is 349 g/mol. The molecule has 1 saturated heterocycles. The van der Waals surface area contributed by atoms with Crippen LogP contribution in [0.2, 0.25) is 5.02 Å². The summed E-state index contributed by atoms with van der Waals surface area (Å²) in [5, 5.41) is 5.52. The molecule has 0 spiro atoms. The molecule has 2 amide bonds. The first-order chi connectivity index (χ1) is 11.1. The summed E-state index contributed by atoms with van der Waals surface area (Å²) < 4.78 is 0. The number of amides is 2. The molecular formula is C17H17ClN2O2S. The van der Waals surface area contributed by atoms with Crippen LogP contribution in [0.1, 0.15) is 11.3 Å². The third-order valence-corrected chi connectivity index (χ3v) is 5.10. The van der Waals surface area contributed by atoms with E-state index in [9.17, 15) is 9.59 Å². The molecule has 1 unspecified atom stereocenters. The van der Waals surface area contributed by atoms with Gasteiger partial charge in [0.15, 0.2) is 0 Å². The molecule has 1 atom stereocenters. The molecule has 0 aliphatic carbocycles. The van der Waals surface area contributed by atoms with E-state index >= 15 is 0 Å². The molecule has 23 heavy (non-hydrogen) atoms. The molecule has 2 aromatic rings. The number of anilines is 1. The number of carbonyl (C=O) groups is 2. The minimum absolute atomic E-state index is 0.138. The number of thiophene rings is 1. The minimum Gasteiger partial charge on any atom is -0.355 e. The van der Waals surface area contributed by atoms with Crippen molar-refractivity contribution >= 4 is 40.4 Å². The Bertz CT molecular complexity index is 685. The zero-order valence-corrected chi connectivity index (χ0v) is 14.1. The van der Waals surface area contributed by atoms with E-state index in [0.717, 1.165) is 12.1 Å². The molecule has 1 aromatic heterocycles. The maximum Gasteiger partial charge on any atom is 0.239 e. The first-order valence-electron chi connectivity index (χ1n) is 7.52. The number of nitrogens with zero attached hydrogens (tertiary/aromatic N) is 1. The van der Waals surface area contributed by atoms with Gasteiger partial charge in [-0.2, -0.15) is 0 Å². The van der Waals surface area contributed by atoms with Crippen molar-refractivity contribution < 1.29 is 9.59 Å². The van der Waals surface area contributed by atoms with Gasteiger partial charge in [0.05, 0.1) is 0 Å². The quantitative estimate of drug-likeness (QED) is 0.844. The van der Waals surface area contributed by atoms with Gasteiger partial charge in [0, 0.05) is 28.7 Å². The second-order valence-electron chi connectivity index (χ2n) is 5.43. The normalized spacial score (nSPS) is 17.5. The van der Waals surface area contributed by atoms with Gasteiger partial charge in [0.1, 0.15) is 5.92 Å². The van der Waals surface area contributed by atoms with Crippen LogP contribution < -0.4 is 10.2 Å². The number of halogens is 1. The molecule has 1 aromatic carbocycles. The van der Waals surface area contributed by atoms with E-state index in [0.29, 0.717) is 24.5 Å². The monoisotopic (exact) mass is 348 g/mol. The first kappa shape index (κ1) is 16.0. The summed E-state index contributed by atoms with van der Waals surface area (Å²) in [5.74, 6) is -0.905. The van der Waals surface area contributed by atoms with Gasteiger partial charge in [-0.25, -0.2) is 0 Å². The van der Waals surface area contributed by atoms with Gasteiger partial charge in [-0.1, -0.05) is 17.7 Å². The van der Waals surface area contributed by atoms with Gasteiger partial charge in [0.2, 0.25) is 11.8 Å². The van der Waals surface area contributed by atoms with Crippen LogP contribution in [0, 0.1) is 5.92 Å². The number of rotatable bonds is 5. The van der Waals surface area contributed by atoms with Gasteiger partial charge >= 0.3 is 0 Å². The van der Waals surface area contributed by atoms with E-state index in [-0.39, 0.29) is 11.8 Å². The largest absolute Gasteiger partial charge is 0.355 e. The number of carbonyl (C=O) groups excluding carboxylic acids is 2. The second-order valence-corrected chi connectivity index (χ2v) is 6.90. The third kappa shape index (κ3) is 3.74. The smallest absolute Gasteiger partial charge is 0.239 e. The molecule has 1 aliphatic rings. The molecule has 6 heteroatoms. The number of benzene rings is 1. The summed E-state index contributed by atoms with van der Waals surface area (Å²) in [7, 11) is 0.